The monoisotopic (exact) mass is 264 g/mol. The van der Waals surface area contributed by atoms with Gasteiger partial charge in [0.1, 0.15) is 0 Å². The normalized spacial score (nSPS) is 20.8. The fourth-order valence-corrected chi connectivity index (χ4v) is 2.27. The van der Waals surface area contributed by atoms with Crippen LogP contribution in [0.15, 0.2) is 12.1 Å². The van der Waals surface area contributed by atoms with Crippen molar-refractivity contribution in [3.8, 4) is 0 Å². The van der Waals surface area contributed by atoms with E-state index < -0.39 is 11.7 Å². The first-order valence-electron chi connectivity index (χ1n) is 5.29. The van der Waals surface area contributed by atoms with E-state index >= 15 is 0 Å². The van der Waals surface area contributed by atoms with E-state index in [9.17, 15) is 13.2 Å². The average molecular weight is 265 g/mol. The van der Waals surface area contributed by atoms with Gasteiger partial charge in [-0.1, -0.05) is 11.6 Å². The third-order valence-electron chi connectivity index (χ3n) is 2.92. The fourth-order valence-electron chi connectivity index (χ4n) is 2.04. The summed E-state index contributed by atoms with van der Waals surface area (Å²) in [6.07, 6.45) is -2.69. The molecule has 3 N–H and O–H groups in total. The molecular formula is C11H12ClF3N2. The largest absolute Gasteiger partial charge is 0.416 e. The number of halogens is 4. The van der Waals surface area contributed by atoms with Gasteiger partial charge in [-0.25, -0.2) is 0 Å². The molecule has 0 unspecified atom stereocenters. The summed E-state index contributed by atoms with van der Waals surface area (Å²) in [5, 5.41) is 3.08. The Morgan fingerprint density at radius 2 is 2.06 bits per heavy atom. The van der Waals surface area contributed by atoms with E-state index in [1.807, 2.05) is 0 Å². The van der Waals surface area contributed by atoms with Gasteiger partial charge < -0.3 is 11.1 Å². The Morgan fingerprint density at radius 1 is 1.35 bits per heavy atom. The SMILES string of the molecule is Nc1c(Cl)cc(C(F)(F)F)cc1[C@H]1CCCN1. The molecule has 2 nitrogen and oxygen atoms in total. The lowest BCUT2D eigenvalue weighted by atomic mass is 10.0. The molecule has 0 saturated carbocycles. The molecule has 1 aliphatic heterocycles. The van der Waals surface area contributed by atoms with Crippen molar-refractivity contribution >= 4 is 17.3 Å². The maximum Gasteiger partial charge on any atom is 0.416 e. The Kier molecular flexibility index (Phi) is 3.23. The fraction of sp³-hybridized carbons (Fsp3) is 0.455. The van der Waals surface area contributed by atoms with Crippen molar-refractivity contribution in [3.63, 3.8) is 0 Å². The van der Waals surface area contributed by atoms with Crippen LogP contribution in [0.5, 0.6) is 0 Å². The molecular weight excluding hydrogens is 253 g/mol. The average Bonchev–Trinajstić information content (AvgIpc) is 2.73. The summed E-state index contributed by atoms with van der Waals surface area (Å²) in [6.45, 7) is 0.790. The van der Waals surface area contributed by atoms with E-state index in [2.05, 4.69) is 5.32 Å². The Balaban J connectivity index is 2.46. The molecule has 0 spiro atoms. The minimum absolute atomic E-state index is 0.0384. The van der Waals surface area contributed by atoms with Crippen LogP contribution in [0.3, 0.4) is 0 Å². The standard InChI is InChI=1S/C11H12ClF3N2/c12-8-5-6(11(13,14)15)4-7(10(8)16)9-2-1-3-17-9/h4-5,9,17H,1-3,16H2/t9-/m1/s1. The van der Waals surface area contributed by atoms with Crippen molar-refractivity contribution in [2.45, 2.75) is 25.1 Å². The quantitative estimate of drug-likeness (QED) is 0.763. The number of nitrogen functional groups attached to an aromatic ring is 1. The van der Waals surface area contributed by atoms with Crippen molar-refractivity contribution in [2.24, 2.45) is 0 Å². The van der Waals surface area contributed by atoms with Gasteiger partial charge in [0.05, 0.1) is 16.3 Å². The van der Waals surface area contributed by atoms with Gasteiger partial charge in [0.15, 0.2) is 0 Å². The number of nitrogens with two attached hydrogens (primary N) is 1. The molecule has 0 bridgehead atoms. The molecule has 1 heterocycles. The zero-order chi connectivity index (χ0) is 12.6. The van der Waals surface area contributed by atoms with E-state index in [1.165, 1.54) is 0 Å². The summed E-state index contributed by atoms with van der Waals surface area (Å²) in [5.74, 6) is 0. The van der Waals surface area contributed by atoms with E-state index in [0.29, 0.717) is 5.56 Å². The smallest absolute Gasteiger partial charge is 0.397 e. The van der Waals surface area contributed by atoms with Gasteiger partial charge in [-0.05, 0) is 37.1 Å². The van der Waals surface area contributed by atoms with E-state index in [-0.39, 0.29) is 16.8 Å². The Morgan fingerprint density at radius 3 is 2.59 bits per heavy atom. The highest BCUT2D eigenvalue weighted by molar-refractivity contribution is 6.33. The first kappa shape index (κ1) is 12.5. The molecule has 1 fully saturated rings. The maximum atomic E-state index is 12.6. The zero-order valence-corrected chi connectivity index (χ0v) is 9.70. The third kappa shape index (κ3) is 2.50. The molecule has 1 saturated heterocycles. The number of hydrogen-bond acceptors (Lipinski definition) is 2. The van der Waals surface area contributed by atoms with Gasteiger partial charge in [-0.2, -0.15) is 13.2 Å². The second kappa shape index (κ2) is 4.38. The molecule has 0 aliphatic carbocycles. The first-order valence-corrected chi connectivity index (χ1v) is 5.67. The molecule has 1 aromatic rings. The number of nitrogens with one attached hydrogen (secondary N) is 1. The molecule has 0 aromatic heterocycles. The second-order valence-electron chi connectivity index (χ2n) is 4.11. The number of anilines is 1. The first-order chi connectivity index (χ1) is 7.89. The summed E-state index contributed by atoms with van der Waals surface area (Å²) < 4.78 is 37.9. The highest BCUT2D eigenvalue weighted by Gasteiger charge is 2.33. The van der Waals surface area contributed by atoms with Crippen LogP contribution in [-0.4, -0.2) is 6.54 Å². The Hall–Kier alpha value is -0.940. The summed E-state index contributed by atoms with van der Waals surface area (Å²) >= 11 is 5.75. The molecule has 0 amide bonds. The number of rotatable bonds is 1. The second-order valence-corrected chi connectivity index (χ2v) is 4.51. The van der Waals surface area contributed by atoms with Crippen molar-refractivity contribution in [2.75, 3.05) is 12.3 Å². The number of benzene rings is 1. The van der Waals surface area contributed by atoms with Crippen LogP contribution in [0, 0.1) is 0 Å². The van der Waals surface area contributed by atoms with Crippen LogP contribution >= 0.6 is 11.6 Å². The van der Waals surface area contributed by atoms with Crippen molar-refractivity contribution in [1.29, 1.82) is 0 Å². The van der Waals surface area contributed by atoms with Crippen LogP contribution in [-0.2, 0) is 6.18 Å². The molecule has 94 valence electrons. The van der Waals surface area contributed by atoms with E-state index in [4.69, 9.17) is 17.3 Å². The minimum atomic E-state index is -4.40. The minimum Gasteiger partial charge on any atom is -0.397 e. The molecule has 6 heteroatoms. The van der Waals surface area contributed by atoms with Gasteiger partial charge in [0.25, 0.3) is 0 Å². The molecule has 1 aromatic carbocycles. The van der Waals surface area contributed by atoms with Crippen LogP contribution < -0.4 is 11.1 Å². The van der Waals surface area contributed by atoms with Gasteiger partial charge in [-0.3, -0.25) is 0 Å². The summed E-state index contributed by atoms with van der Waals surface area (Å²) in [6, 6.07) is 1.83. The van der Waals surface area contributed by atoms with Crippen LogP contribution in [0.1, 0.15) is 30.0 Å². The van der Waals surface area contributed by atoms with Crippen LogP contribution in [0.2, 0.25) is 5.02 Å². The topological polar surface area (TPSA) is 38.0 Å². The summed E-state index contributed by atoms with van der Waals surface area (Å²) in [5.41, 5.74) is 5.67. The highest BCUT2D eigenvalue weighted by Crippen LogP contribution is 2.38. The number of alkyl halides is 3. The Bertz CT molecular complexity index is 425. The van der Waals surface area contributed by atoms with Crippen LogP contribution in [0.4, 0.5) is 18.9 Å². The van der Waals surface area contributed by atoms with Crippen molar-refractivity contribution < 1.29 is 13.2 Å². The molecule has 0 radical (unpaired) electrons. The van der Waals surface area contributed by atoms with Gasteiger partial charge in [0.2, 0.25) is 0 Å². The molecule has 1 aliphatic rings. The molecule has 2 rings (SSSR count). The lowest BCUT2D eigenvalue weighted by Crippen LogP contribution is -2.16. The summed E-state index contributed by atoms with van der Waals surface area (Å²) in [4.78, 5) is 0. The molecule has 1 atom stereocenters. The van der Waals surface area contributed by atoms with Crippen LogP contribution in [0.25, 0.3) is 0 Å². The molecule has 17 heavy (non-hydrogen) atoms. The van der Waals surface area contributed by atoms with Crippen molar-refractivity contribution in [1.82, 2.24) is 5.32 Å². The maximum absolute atomic E-state index is 12.6. The summed E-state index contributed by atoms with van der Waals surface area (Å²) in [7, 11) is 0. The van der Waals surface area contributed by atoms with Gasteiger partial charge >= 0.3 is 6.18 Å². The number of hydrogen-bond donors (Lipinski definition) is 2. The van der Waals surface area contributed by atoms with Gasteiger partial charge in [0, 0.05) is 6.04 Å². The van der Waals surface area contributed by atoms with E-state index in [1.54, 1.807) is 0 Å². The third-order valence-corrected chi connectivity index (χ3v) is 3.24. The highest BCUT2D eigenvalue weighted by atomic mass is 35.5. The lowest BCUT2D eigenvalue weighted by Gasteiger charge is -2.17. The predicted octanol–water partition coefficient (Wildman–Crippen LogP) is 3.37. The van der Waals surface area contributed by atoms with E-state index in [0.717, 1.165) is 31.5 Å². The zero-order valence-electron chi connectivity index (χ0n) is 8.94. The Labute approximate surface area is 102 Å². The van der Waals surface area contributed by atoms with Gasteiger partial charge in [-0.15, -0.1) is 0 Å². The van der Waals surface area contributed by atoms with Crippen molar-refractivity contribution in [3.05, 3.63) is 28.3 Å². The predicted molar refractivity (Wildman–Crippen MR) is 60.8 cm³/mol. The lowest BCUT2D eigenvalue weighted by molar-refractivity contribution is -0.137.